The van der Waals surface area contributed by atoms with Crippen molar-refractivity contribution in [2.24, 2.45) is 5.92 Å². The molecule has 1 aromatic carbocycles. The lowest BCUT2D eigenvalue weighted by molar-refractivity contribution is 0.250. The predicted molar refractivity (Wildman–Crippen MR) is 79.2 cm³/mol. The minimum Gasteiger partial charge on any atom is -0.396 e. The number of aromatic nitrogens is 1. The summed E-state index contributed by atoms with van der Waals surface area (Å²) in [4.78, 5) is 4.41. The highest BCUT2D eigenvalue weighted by atomic mass is 35.5. The van der Waals surface area contributed by atoms with Crippen LogP contribution in [0.25, 0.3) is 10.9 Å². The molecule has 2 aromatic rings. The van der Waals surface area contributed by atoms with Crippen LogP contribution in [0.15, 0.2) is 30.5 Å². The molecule has 0 aliphatic carbocycles. The zero-order chi connectivity index (χ0) is 13.0. The Morgan fingerprint density at radius 1 is 1.39 bits per heavy atom. The molecule has 18 heavy (non-hydrogen) atoms. The second kappa shape index (κ2) is 6.41. The van der Waals surface area contributed by atoms with Gasteiger partial charge in [-0.3, -0.25) is 4.98 Å². The first-order valence-electron chi connectivity index (χ1n) is 5.93. The molecule has 0 fully saturated rings. The number of pyridine rings is 1. The van der Waals surface area contributed by atoms with E-state index in [2.05, 4.69) is 4.98 Å². The second-order valence-corrected chi connectivity index (χ2v) is 5.84. The van der Waals surface area contributed by atoms with E-state index in [9.17, 15) is 0 Å². The van der Waals surface area contributed by atoms with Crippen molar-refractivity contribution < 1.29 is 5.11 Å². The van der Waals surface area contributed by atoms with Crippen molar-refractivity contribution in [3.8, 4) is 0 Å². The topological polar surface area (TPSA) is 33.1 Å². The molecule has 1 heterocycles. The maximum Gasteiger partial charge on any atom is 0.0757 e. The summed E-state index contributed by atoms with van der Waals surface area (Å²) in [7, 11) is 0. The number of nitrogens with zero attached hydrogens (tertiary/aromatic N) is 1. The summed E-state index contributed by atoms with van der Waals surface area (Å²) in [5, 5.41) is 10.9. The number of aliphatic hydroxyl groups is 1. The Labute approximate surface area is 116 Å². The Bertz CT molecular complexity index is 532. The molecule has 4 heteroatoms. The molecular weight excluding hydrogens is 266 g/mol. The van der Waals surface area contributed by atoms with E-state index < -0.39 is 0 Å². The lowest BCUT2D eigenvalue weighted by Gasteiger charge is -2.10. The van der Waals surface area contributed by atoms with Crippen LogP contribution < -0.4 is 0 Å². The molecule has 0 aliphatic rings. The van der Waals surface area contributed by atoms with Crippen molar-refractivity contribution in [2.75, 3.05) is 12.4 Å². The van der Waals surface area contributed by atoms with Crippen LogP contribution in [0.3, 0.4) is 0 Å². The Morgan fingerprint density at radius 2 is 2.22 bits per heavy atom. The Morgan fingerprint density at radius 3 is 3.00 bits per heavy atom. The summed E-state index contributed by atoms with van der Waals surface area (Å²) in [6.45, 7) is 2.27. The largest absolute Gasteiger partial charge is 0.396 e. The fraction of sp³-hybridized carbons (Fsp3) is 0.357. The summed E-state index contributed by atoms with van der Waals surface area (Å²) in [6.07, 6.45) is 1.79. The zero-order valence-corrected chi connectivity index (χ0v) is 11.8. The standard InChI is InChI=1S/C14H16ClNOS/c1-10(7-17)8-18-9-12-13(15)5-4-11-3-2-6-16-14(11)12/h2-6,10,17H,7-9H2,1H3. The van der Waals surface area contributed by atoms with Gasteiger partial charge in [-0.1, -0.05) is 30.7 Å². The lowest BCUT2D eigenvalue weighted by Crippen LogP contribution is -2.03. The van der Waals surface area contributed by atoms with Crippen LogP contribution in [-0.2, 0) is 5.75 Å². The molecule has 1 atom stereocenters. The molecule has 0 saturated heterocycles. The molecule has 0 bridgehead atoms. The number of fused-ring (bicyclic) bond motifs is 1. The summed E-state index contributed by atoms with van der Waals surface area (Å²) in [5.74, 6) is 2.07. The smallest absolute Gasteiger partial charge is 0.0757 e. The highest BCUT2D eigenvalue weighted by Crippen LogP contribution is 2.28. The highest BCUT2D eigenvalue weighted by molar-refractivity contribution is 7.98. The van der Waals surface area contributed by atoms with Crippen LogP contribution in [0.1, 0.15) is 12.5 Å². The summed E-state index contributed by atoms with van der Waals surface area (Å²) >= 11 is 8.03. The van der Waals surface area contributed by atoms with Gasteiger partial charge < -0.3 is 5.11 Å². The number of halogens is 1. The zero-order valence-electron chi connectivity index (χ0n) is 10.3. The first-order valence-corrected chi connectivity index (χ1v) is 7.46. The van der Waals surface area contributed by atoms with Gasteiger partial charge in [-0.15, -0.1) is 0 Å². The van der Waals surface area contributed by atoms with Crippen molar-refractivity contribution in [2.45, 2.75) is 12.7 Å². The predicted octanol–water partition coefficient (Wildman–Crippen LogP) is 3.75. The van der Waals surface area contributed by atoms with Crippen molar-refractivity contribution in [3.63, 3.8) is 0 Å². The molecule has 0 amide bonds. The van der Waals surface area contributed by atoms with Crippen LogP contribution >= 0.6 is 23.4 Å². The summed E-state index contributed by atoms with van der Waals surface area (Å²) in [5.41, 5.74) is 2.07. The molecular formula is C14H16ClNOS. The number of benzene rings is 1. The van der Waals surface area contributed by atoms with Crippen LogP contribution in [0, 0.1) is 5.92 Å². The third-order valence-corrected chi connectivity index (χ3v) is 4.43. The average Bonchev–Trinajstić information content (AvgIpc) is 2.41. The average molecular weight is 282 g/mol. The summed E-state index contributed by atoms with van der Waals surface area (Å²) < 4.78 is 0. The van der Waals surface area contributed by atoms with E-state index in [1.807, 2.05) is 31.2 Å². The van der Waals surface area contributed by atoms with Gasteiger partial charge in [0.25, 0.3) is 0 Å². The fourth-order valence-corrected chi connectivity index (χ4v) is 3.15. The number of hydrogen-bond acceptors (Lipinski definition) is 3. The molecule has 1 N–H and O–H groups in total. The molecule has 2 rings (SSSR count). The van der Waals surface area contributed by atoms with E-state index in [1.165, 1.54) is 0 Å². The van der Waals surface area contributed by atoms with E-state index in [0.29, 0.717) is 5.92 Å². The third kappa shape index (κ3) is 3.16. The highest BCUT2D eigenvalue weighted by Gasteiger charge is 2.08. The quantitative estimate of drug-likeness (QED) is 0.906. The van der Waals surface area contributed by atoms with Gasteiger partial charge in [0.05, 0.1) is 5.52 Å². The third-order valence-electron chi connectivity index (χ3n) is 2.78. The van der Waals surface area contributed by atoms with Gasteiger partial charge in [0.15, 0.2) is 0 Å². The van der Waals surface area contributed by atoms with Gasteiger partial charge in [0.1, 0.15) is 0 Å². The Kier molecular flexibility index (Phi) is 4.87. The second-order valence-electron chi connectivity index (χ2n) is 4.40. The maximum atomic E-state index is 9.01. The molecule has 0 radical (unpaired) electrons. The molecule has 0 saturated carbocycles. The Hall–Kier alpha value is -0.770. The number of aliphatic hydroxyl groups excluding tert-OH is 1. The van der Waals surface area contributed by atoms with E-state index in [-0.39, 0.29) is 6.61 Å². The van der Waals surface area contributed by atoms with E-state index >= 15 is 0 Å². The van der Waals surface area contributed by atoms with Crippen molar-refractivity contribution in [1.82, 2.24) is 4.98 Å². The van der Waals surface area contributed by atoms with Gasteiger partial charge in [0, 0.05) is 34.5 Å². The molecule has 1 aromatic heterocycles. The van der Waals surface area contributed by atoms with Crippen LogP contribution in [0.4, 0.5) is 0 Å². The van der Waals surface area contributed by atoms with E-state index in [0.717, 1.165) is 33.0 Å². The number of rotatable bonds is 5. The monoisotopic (exact) mass is 281 g/mol. The first-order chi connectivity index (χ1) is 8.72. The van der Waals surface area contributed by atoms with Gasteiger partial charge >= 0.3 is 0 Å². The first kappa shape index (κ1) is 13.7. The van der Waals surface area contributed by atoms with Crippen LogP contribution in [-0.4, -0.2) is 22.5 Å². The van der Waals surface area contributed by atoms with Crippen LogP contribution in [0.5, 0.6) is 0 Å². The van der Waals surface area contributed by atoms with Crippen molar-refractivity contribution >= 4 is 34.3 Å². The molecule has 0 aliphatic heterocycles. The SMILES string of the molecule is CC(CO)CSCc1c(Cl)ccc2cccnc12. The van der Waals surface area contributed by atoms with Crippen molar-refractivity contribution in [3.05, 3.63) is 41.0 Å². The lowest BCUT2D eigenvalue weighted by atomic mass is 10.1. The van der Waals surface area contributed by atoms with Gasteiger partial charge in [0.2, 0.25) is 0 Å². The van der Waals surface area contributed by atoms with Gasteiger partial charge in [-0.05, 0) is 23.8 Å². The fourth-order valence-electron chi connectivity index (χ4n) is 1.73. The number of hydrogen-bond donors (Lipinski definition) is 1. The minimum absolute atomic E-state index is 0.231. The molecule has 96 valence electrons. The van der Waals surface area contributed by atoms with Gasteiger partial charge in [-0.25, -0.2) is 0 Å². The molecule has 1 unspecified atom stereocenters. The van der Waals surface area contributed by atoms with Crippen LogP contribution in [0.2, 0.25) is 5.02 Å². The molecule has 0 spiro atoms. The Balaban J connectivity index is 2.18. The number of thioether (sulfide) groups is 1. The molecule has 2 nitrogen and oxygen atoms in total. The summed E-state index contributed by atoms with van der Waals surface area (Å²) in [6, 6.07) is 7.90. The maximum absolute atomic E-state index is 9.01. The van der Waals surface area contributed by atoms with E-state index in [4.69, 9.17) is 16.7 Å². The van der Waals surface area contributed by atoms with Gasteiger partial charge in [-0.2, -0.15) is 11.8 Å². The van der Waals surface area contributed by atoms with Crippen molar-refractivity contribution in [1.29, 1.82) is 0 Å². The minimum atomic E-state index is 0.231. The van der Waals surface area contributed by atoms with E-state index in [1.54, 1.807) is 18.0 Å². The normalized spacial score (nSPS) is 12.8.